The molecule has 6 nitrogen and oxygen atoms in total. The number of carbonyl (C=O) groups excluding carboxylic acids is 1. The Hall–Kier alpha value is -3.90. The van der Waals surface area contributed by atoms with Crippen LogP contribution in [0.25, 0.3) is 10.9 Å². The van der Waals surface area contributed by atoms with Crippen LogP contribution in [0.15, 0.2) is 72.9 Å². The molecule has 3 aromatic carbocycles. The molecule has 0 saturated heterocycles. The molecule has 1 aromatic heterocycles. The Bertz CT molecular complexity index is 1480. The van der Waals surface area contributed by atoms with E-state index in [4.69, 9.17) is 9.47 Å². The summed E-state index contributed by atoms with van der Waals surface area (Å²) in [5.74, 6) is 1.36. The second kappa shape index (κ2) is 9.52. The number of hydrogen-bond acceptors (Lipinski definition) is 5. The lowest BCUT2D eigenvalue weighted by Gasteiger charge is -2.26. The highest BCUT2D eigenvalue weighted by Crippen LogP contribution is 2.49. The highest BCUT2D eigenvalue weighted by molar-refractivity contribution is 5.97. The summed E-state index contributed by atoms with van der Waals surface area (Å²) in [5.41, 5.74) is 5.77. The minimum Gasteiger partial charge on any atom is -0.497 e. The summed E-state index contributed by atoms with van der Waals surface area (Å²) in [6.45, 7) is 3.36. The number of amides is 1. The Morgan fingerprint density at radius 3 is 2.70 bits per heavy atom. The van der Waals surface area contributed by atoms with Crippen LogP contribution >= 0.6 is 0 Å². The van der Waals surface area contributed by atoms with Crippen molar-refractivity contribution < 1.29 is 14.3 Å². The predicted octanol–water partition coefficient (Wildman–Crippen LogP) is 5.06. The molecule has 1 saturated carbocycles. The zero-order valence-corrected chi connectivity index (χ0v) is 21.2. The molecular formula is C31H31N3O3. The van der Waals surface area contributed by atoms with E-state index < -0.39 is 5.54 Å². The van der Waals surface area contributed by atoms with E-state index in [9.17, 15) is 4.79 Å². The standard InChI is InChI=1S/C31H31N3O3/c1-20-9-10-24(37-19-23-14-21-6-3-4-7-22(21)18-33-23)15-27(20)30(35)34-31(11-12-31)28-16-25(36-2)17-29-26(28)8-5-13-32-29/h3-10,13,15-17,23,33H,11-12,14,18-19H2,1-2H3,(H,34,35). The largest absolute Gasteiger partial charge is 0.497 e. The maximum Gasteiger partial charge on any atom is 0.252 e. The van der Waals surface area contributed by atoms with Crippen LogP contribution in [0.5, 0.6) is 11.5 Å². The normalized spacial score (nSPS) is 17.6. The van der Waals surface area contributed by atoms with Crippen LogP contribution in [0.3, 0.4) is 0 Å². The van der Waals surface area contributed by atoms with Crippen molar-refractivity contribution in [2.45, 2.75) is 44.3 Å². The zero-order valence-electron chi connectivity index (χ0n) is 21.2. The summed E-state index contributed by atoms with van der Waals surface area (Å²) >= 11 is 0. The van der Waals surface area contributed by atoms with Crippen molar-refractivity contribution in [3.8, 4) is 11.5 Å². The number of benzene rings is 3. The monoisotopic (exact) mass is 493 g/mol. The van der Waals surface area contributed by atoms with E-state index in [1.54, 1.807) is 13.3 Å². The fourth-order valence-corrected chi connectivity index (χ4v) is 5.31. The lowest BCUT2D eigenvalue weighted by Crippen LogP contribution is -2.40. The number of hydrogen-bond donors (Lipinski definition) is 2. The fourth-order valence-electron chi connectivity index (χ4n) is 5.31. The van der Waals surface area contributed by atoms with Gasteiger partial charge in [0.15, 0.2) is 0 Å². The molecule has 1 unspecified atom stereocenters. The van der Waals surface area contributed by atoms with Gasteiger partial charge in [0.1, 0.15) is 18.1 Å². The van der Waals surface area contributed by atoms with Crippen molar-refractivity contribution in [3.63, 3.8) is 0 Å². The highest BCUT2D eigenvalue weighted by Gasteiger charge is 2.47. The Kier molecular flexibility index (Phi) is 6.05. The lowest BCUT2D eigenvalue weighted by molar-refractivity contribution is 0.0930. The predicted molar refractivity (Wildman–Crippen MR) is 144 cm³/mol. The summed E-state index contributed by atoms with van der Waals surface area (Å²) in [6.07, 6.45) is 4.46. The average Bonchev–Trinajstić information content (AvgIpc) is 3.72. The number of rotatable bonds is 7. The van der Waals surface area contributed by atoms with Crippen molar-refractivity contribution in [3.05, 3.63) is 101 Å². The van der Waals surface area contributed by atoms with Gasteiger partial charge in [0.2, 0.25) is 0 Å². The molecule has 4 aromatic rings. The summed E-state index contributed by atoms with van der Waals surface area (Å²) in [4.78, 5) is 18.1. The molecule has 1 aliphatic heterocycles. The zero-order chi connectivity index (χ0) is 25.4. The van der Waals surface area contributed by atoms with E-state index in [-0.39, 0.29) is 11.9 Å². The first kappa shape index (κ1) is 23.5. The van der Waals surface area contributed by atoms with Crippen LogP contribution < -0.4 is 20.1 Å². The van der Waals surface area contributed by atoms with Crippen LogP contribution in [-0.4, -0.2) is 30.6 Å². The molecule has 6 heteroatoms. The second-order valence-corrected chi connectivity index (χ2v) is 10.1. The van der Waals surface area contributed by atoms with E-state index >= 15 is 0 Å². The maximum atomic E-state index is 13.6. The minimum absolute atomic E-state index is 0.0926. The average molecular weight is 494 g/mol. The molecule has 0 spiro atoms. The van der Waals surface area contributed by atoms with Gasteiger partial charge in [-0.2, -0.15) is 0 Å². The molecule has 2 N–H and O–H groups in total. The van der Waals surface area contributed by atoms with Crippen molar-refractivity contribution >= 4 is 16.8 Å². The summed E-state index contributed by atoms with van der Waals surface area (Å²) in [7, 11) is 1.66. The number of aryl methyl sites for hydroxylation is 1. The molecular weight excluding hydrogens is 462 g/mol. The van der Waals surface area contributed by atoms with E-state index in [1.165, 1.54) is 11.1 Å². The number of carbonyl (C=O) groups is 1. The van der Waals surface area contributed by atoms with Gasteiger partial charge in [-0.1, -0.05) is 36.4 Å². The number of methoxy groups -OCH3 is 1. The molecule has 1 atom stereocenters. The summed E-state index contributed by atoms with van der Waals surface area (Å²) < 4.78 is 11.7. The molecule has 1 fully saturated rings. The lowest BCUT2D eigenvalue weighted by atomic mass is 9.96. The first-order chi connectivity index (χ1) is 18.0. The summed E-state index contributed by atoms with van der Waals surface area (Å²) in [5, 5.41) is 7.93. The van der Waals surface area contributed by atoms with E-state index in [1.807, 2.05) is 43.3 Å². The molecule has 0 radical (unpaired) electrons. The Labute approximate surface area is 217 Å². The number of fused-ring (bicyclic) bond motifs is 2. The number of ether oxygens (including phenoxy) is 2. The second-order valence-electron chi connectivity index (χ2n) is 10.1. The Balaban J connectivity index is 1.19. The molecule has 2 heterocycles. The van der Waals surface area contributed by atoms with Crippen LogP contribution in [0, 0.1) is 6.92 Å². The third-order valence-electron chi connectivity index (χ3n) is 7.62. The van der Waals surface area contributed by atoms with Gasteiger partial charge in [-0.25, -0.2) is 0 Å². The molecule has 6 rings (SSSR count). The Morgan fingerprint density at radius 2 is 1.89 bits per heavy atom. The van der Waals surface area contributed by atoms with Crippen molar-refractivity contribution in [2.24, 2.45) is 0 Å². The topological polar surface area (TPSA) is 72.5 Å². The molecule has 1 aliphatic carbocycles. The van der Waals surface area contributed by atoms with Gasteiger partial charge in [-0.3, -0.25) is 9.78 Å². The van der Waals surface area contributed by atoms with Gasteiger partial charge < -0.3 is 20.1 Å². The Morgan fingerprint density at radius 1 is 1.05 bits per heavy atom. The van der Waals surface area contributed by atoms with Crippen molar-refractivity contribution in [1.82, 2.24) is 15.6 Å². The number of nitrogens with zero attached hydrogens (tertiary/aromatic N) is 1. The van der Waals surface area contributed by atoms with E-state index in [0.29, 0.717) is 17.9 Å². The van der Waals surface area contributed by atoms with Crippen molar-refractivity contribution in [1.29, 1.82) is 0 Å². The molecule has 37 heavy (non-hydrogen) atoms. The van der Waals surface area contributed by atoms with Gasteiger partial charge in [-0.05, 0) is 72.7 Å². The van der Waals surface area contributed by atoms with Gasteiger partial charge >= 0.3 is 0 Å². The van der Waals surface area contributed by atoms with Gasteiger partial charge in [0.25, 0.3) is 5.91 Å². The number of aromatic nitrogens is 1. The van der Waals surface area contributed by atoms with Crippen LogP contribution in [-0.2, 0) is 18.5 Å². The van der Waals surface area contributed by atoms with Crippen LogP contribution in [0.4, 0.5) is 0 Å². The molecule has 188 valence electrons. The van der Waals surface area contributed by atoms with Gasteiger partial charge in [-0.15, -0.1) is 0 Å². The SMILES string of the molecule is COc1cc(C2(NC(=O)c3cc(OCC4Cc5ccccc5CN4)ccc3C)CC2)c2cccnc2c1. The van der Waals surface area contributed by atoms with Gasteiger partial charge in [0.05, 0.1) is 18.2 Å². The first-order valence-electron chi connectivity index (χ1n) is 12.8. The third kappa shape index (κ3) is 4.65. The molecule has 0 bridgehead atoms. The quantitative estimate of drug-likeness (QED) is 0.376. The van der Waals surface area contributed by atoms with Crippen LogP contribution in [0.1, 0.15) is 45.5 Å². The maximum absolute atomic E-state index is 13.6. The van der Waals surface area contributed by atoms with Gasteiger partial charge in [0, 0.05) is 35.8 Å². The third-order valence-corrected chi connectivity index (χ3v) is 7.62. The van der Waals surface area contributed by atoms with Crippen molar-refractivity contribution in [2.75, 3.05) is 13.7 Å². The molecule has 2 aliphatic rings. The van der Waals surface area contributed by atoms with E-state index in [2.05, 4.69) is 45.9 Å². The highest BCUT2D eigenvalue weighted by atomic mass is 16.5. The first-order valence-corrected chi connectivity index (χ1v) is 12.8. The smallest absolute Gasteiger partial charge is 0.252 e. The molecule has 1 amide bonds. The van der Waals surface area contributed by atoms with E-state index in [0.717, 1.165) is 53.6 Å². The minimum atomic E-state index is -0.421. The summed E-state index contributed by atoms with van der Waals surface area (Å²) in [6, 6.07) is 22.5. The van der Waals surface area contributed by atoms with Crippen LogP contribution in [0.2, 0.25) is 0 Å². The fraction of sp³-hybridized carbons (Fsp3) is 0.290. The number of nitrogens with one attached hydrogen (secondary N) is 2. The number of pyridine rings is 1.